The van der Waals surface area contributed by atoms with Crippen LogP contribution in [-0.2, 0) is 22.1 Å². The normalized spacial score (nSPS) is 13.6. The van der Waals surface area contributed by atoms with Crippen molar-refractivity contribution in [3.63, 3.8) is 0 Å². The number of anilines is 1. The van der Waals surface area contributed by atoms with E-state index in [0.717, 1.165) is 44.6 Å². The molecule has 7 nitrogen and oxygen atoms in total. The average Bonchev–Trinajstić information content (AvgIpc) is 3.00. The molecule has 0 bridgehead atoms. The Morgan fingerprint density at radius 2 is 1.74 bits per heavy atom. The highest BCUT2D eigenvalue weighted by Crippen LogP contribution is 2.40. The molecule has 1 aliphatic rings. The lowest BCUT2D eigenvalue weighted by molar-refractivity contribution is -0.139. The number of esters is 1. The summed E-state index contributed by atoms with van der Waals surface area (Å²) in [4.78, 5) is 35.4. The molecule has 11 heteroatoms. The minimum absolute atomic E-state index is 0.0388. The Labute approximate surface area is 249 Å². The first-order valence-corrected chi connectivity index (χ1v) is 14.4. The summed E-state index contributed by atoms with van der Waals surface area (Å²) < 4.78 is 67.7. The molecule has 1 aromatic carbocycles. The number of pyridine rings is 2. The van der Waals surface area contributed by atoms with Crippen LogP contribution in [0.15, 0.2) is 48.9 Å². The van der Waals surface area contributed by atoms with Gasteiger partial charge in [0.1, 0.15) is 5.56 Å². The van der Waals surface area contributed by atoms with Crippen LogP contribution in [0.5, 0.6) is 11.6 Å². The lowest BCUT2D eigenvalue weighted by atomic mass is 9.87. The number of hydrogen-bond donors (Lipinski definition) is 0. The molecule has 0 atom stereocenters. The lowest BCUT2D eigenvalue weighted by Crippen LogP contribution is -2.42. The van der Waals surface area contributed by atoms with Crippen LogP contribution in [0.1, 0.15) is 86.8 Å². The number of nitrogens with zero attached hydrogens (tertiary/aromatic N) is 3. The predicted molar refractivity (Wildman–Crippen MR) is 155 cm³/mol. The standard InChI is InChI=1S/C30H31F4N3O4.C2H6/c1-18(2)37(28(38)21-9-5-4-6-10-21)25-15-24(31)26(14-22(25)29(39)40-3)41-27-23(30(32,33)34)13-20(17-36-27)12-19-8-7-11-35-16-19;1-2/h7-8,11,13-18,21H,4-6,9-10,12H2,1-3H3;1-2H3. The van der Waals surface area contributed by atoms with Crippen LogP contribution in [-0.4, -0.2) is 35.0 Å². The predicted octanol–water partition coefficient (Wildman–Crippen LogP) is 8.15. The highest BCUT2D eigenvalue weighted by molar-refractivity contribution is 6.04. The van der Waals surface area contributed by atoms with E-state index >= 15 is 4.39 Å². The summed E-state index contributed by atoms with van der Waals surface area (Å²) in [6.07, 6.45) is 3.73. The van der Waals surface area contributed by atoms with E-state index in [4.69, 9.17) is 9.47 Å². The second-order valence-corrected chi connectivity index (χ2v) is 10.3. The average molecular weight is 604 g/mol. The summed E-state index contributed by atoms with van der Waals surface area (Å²) in [6, 6.07) is 5.70. The molecule has 2 aromatic heterocycles. The minimum Gasteiger partial charge on any atom is -0.465 e. The van der Waals surface area contributed by atoms with Gasteiger partial charge >= 0.3 is 12.1 Å². The topological polar surface area (TPSA) is 81.6 Å². The molecule has 0 saturated heterocycles. The third-order valence-electron chi connectivity index (χ3n) is 6.97. The van der Waals surface area contributed by atoms with Crippen molar-refractivity contribution in [3.05, 3.63) is 77.0 Å². The van der Waals surface area contributed by atoms with Gasteiger partial charge in [0, 0.05) is 49.1 Å². The first kappa shape index (κ1) is 33.5. The number of hydrogen-bond acceptors (Lipinski definition) is 6. The zero-order chi connectivity index (χ0) is 31.7. The van der Waals surface area contributed by atoms with Crippen molar-refractivity contribution in [1.82, 2.24) is 9.97 Å². The number of carbonyl (C=O) groups is 2. The lowest BCUT2D eigenvalue weighted by Gasteiger charge is -2.33. The first-order valence-electron chi connectivity index (χ1n) is 14.4. The molecule has 4 rings (SSSR count). The Hall–Kier alpha value is -4.02. The van der Waals surface area contributed by atoms with Crippen molar-refractivity contribution in [3.8, 4) is 11.6 Å². The fourth-order valence-corrected chi connectivity index (χ4v) is 5.01. The van der Waals surface area contributed by atoms with Crippen molar-refractivity contribution in [2.45, 2.75) is 78.4 Å². The molecule has 1 fully saturated rings. The highest BCUT2D eigenvalue weighted by Gasteiger charge is 2.37. The smallest absolute Gasteiger partial charge is 0.421 e. The number of ether oxygens (including phenoxy) is 2. The van der Waals surface area contributed by atoms with Crippen molar-refractivity contribution in [2.24, 2.45) is 5.92 Å². The summed E-state index contributed by atoms with van der Waals surface area (Å²) in [7, 11) is 1.11. The molecule has 0 aliphatic heterocycles. The molecule has 43 heavy (non-hydrogen) atoms. The van der Waals surface area contributed by atoms with Gasteiger partial charge < -0.3 is 14.4 Å². The zero-order valence-corrected chi connectivity index (χ0v) is 25.0. The monoisotopic (exact) mass is 603 g/mol. The Morgan fingerprint density at radius 1 is 1.05 bits per heavy atom. The molecule has 0 N–H and O–H groups in total. The van der Waals surface area contributed by atoms with Gasteiger partial charge in [-0.2, -0.15) is 13.2 Å². The Balaban J connectivity index is 0.00000248. The second kappa shape index (κ2) is 14.9. The van der Waals surface area contributed by atoms with Gasteiger partial charge in [-0.15, -0.1) is 0 Å². The van der Waals surface area contributed by atoms with Gasteiger partial charge in [0.2, 0.25) is 11.8 Å². The fraction of sp³-hybridized carbons (Fsp3) is 0.438. The Kier molecular flexibility index (Phi) is 11.6. The SMILES string of the molecule is CC.COC(=O)c1cc(Oc2ncc(Cc3cccnc3)cc2C(F)(F)F)c(F)cc1N(C(=O)C1CCCCC1)C(C)C. The van der Waals surface area contributed by atoms with E-state index in [0.29, 0.717) is 18.4 Å². The minimum atomic E-state index is -4.87. The van der Waals surface area contributed by atoms with Crippen LogP contribution in [0.3, 0.4) is 0 Å². The Morgan fingerprint density at radius 3 is 2.33 bits per heavy atom. The second-order valence-electron chi connectivity index (χ2n) is 10.3. The van der Waals surface area contributed by atoms with Crippen LogP contribution in [0, 0.1) is 11.7 Å². The van der Waals surface area contributed by atoms with Crippen LogP contribution < -0.4 is 9.64 Å². The molecular formula is C32H37F4N3O4. The maximum atomic E-state index is 15.5. The van der Waals surface area contributed by atoms with E-state index < -0.39 is 41.2 Å². The number of benzene rings is 1. The van der Waals surface area contributed by atoms with Crippen LogP contribution in [0.4, 0.5) is 23.2 Å². The fourth-order valence-electron chi connectivity index (χ4n) is 5.01. The number of amides is 1. The van der Waals surface area contributed by atoms with Crippen molar-refractivity contribution in [2.75, 3.05) is 12.0 Å². The summed E-state index contributed by atoms with van der Waals surface area (Å²) in [5.74, 6) is -4.04. The summed E-state index contributed by atoms with van der Waals surface area (Å²) in [5.41, 5.74) is -0.541. The van der Waals surface area contributed by atoms with Gasteiger partial charge in [-0.3, -0.25) is 9.78 Å². The van der Waals surface area contributed by atoms with Crippen LogP contribution in [0.2, 0.25) is 0 Å². The third kappa shape index (κ3) is 8.30. The van der Waals surface area contributed by atoms with Gasteiger partial charge in [-0.1, -0.05) is 39.2 Å². The van der Waals surface area contributed by atoms with E-state index in [2.05, 4.69) is 9.97 Å². The third-order valence-corrected chi connectivity index (χ3v) is 6.97. The van der Waals surface area contributed by atoms with Gasteiger partial charge in [0.05, 0.1) is 18.4 Å². The molecular weight excluding hydrogens is 566 g/mol. The summed E-state index contributed by atoms with van der Waals surface area (Å²) in [5, 5.41) is 0. The van der Waals surface area contributed by atoms with E-state index in [1.165, 1.54) is 17.3 Å². The molecule has 1 amide bonds. The molecule has 0 radical (unpaired) electrons. The zero-order valence-electron chi connectivity index (χ0n) is 25.0. The Bertz CT molecular complexity index is 1390. The first-order chi connectivity index (χ1) is 20.5. The van der Waals surface area contributed by atoms with Crippen LogP contribution >= 0.6 is 0 Å². The molecule has 3 aromatic rings. The molecule has 0 spiro atoms. The number of methoxy groups -OCH3 is 1. The molecule has 0 unspecified atom stereocenters. The number of halogens is 4. The quantitative estimate of drug-likeness (QED) is 0.191. The van der Waals surface area contributed by atoms with Crippen LogP contribution in [0.25, 0.3) is 0 Å². The van der Waals surface area contributed by atoms with Crippen molar-refractivity contribution >= 4 is 17.6 Å². The molecule has 2 heterocycles. The van der Waals surface area contributed by atoms with Crippen molar-refractivity contribution in [1.29, 1.82) is 0 Å². The highest BCUT2D eigenvalue weighted by atomic mass is 19.4. The van der Waals surface area contributed by atoms with E-state index in [1.807, 2.05) is 13.8 Å². The van der Waals surface area contributed by atoms with E-state index in [-0.39, 0.29) is 35.1 Å². The summed E-state index contributed by atoms with van der Waals surface area (Å²) >= 11 is 0. The van der Waals surface area contributed by atoms with Crippen molar-refractivity contribution < 1.29 is 36.6 Å². The van der Waals surface area contributed by atoms with E-state index in [1.54, 1.807) is 32.2 Å². The van der Waals surface area contributed by atoms with Gasteiger partial charge in [-0.25, -0.2) is 14.2 Å². The molecule has 1 saturated carbocycles. The summed E-state index contributed by atoms with van der Waals surface area (Å²) in [6.45, 7) is 7.47. The van der Waals surface area contributed by atoms with Gasteiger partial charge in [0.25, 0.3) is 0 Å². The maximum Gasteiger partial charge on any atom is 0.421 e. The number of aromatic nitrogens is 2. The largest absolute Gasteiger partial charge is 0.465 e. The number of alkyl halides is 3. The van der Waals surface area contributed by atoms with Gasteiger partial charge in [0.15, 0.2) is 11.6 Å². The molecule has 1 aliphatic carbocycles. The number of rotatable bonds is 8. The molecule has 232 valence electrons. The van der Waals surface area contributed by atoms with E-state index in [9.17, 15) is 22.8 Å². The van der Waals surface area contributed by atoms with Gasteiger partial charge in [-0.05, 0) is 49.9 Å². The maximum absolute atomic E-state index is 15.5. The number of carbonyl (C=O) groups excluding carboxylic acids is 2.